The molecular weight excluding hydrogens is 284 g/mol. The molecule has 0 aliphatic rings. The quantitative estimate of drug-likeness (QED) is 0.825. The maximum atomic E-state index is 12.1. The van der Waals surface area contributed by atoms with Crippen LogP contribution in [0.2, 0.25) is 0 Å². The van der Waals surface area contributed by atoms with E-state index in [-0.39, 0.29) is 5.91 Å². The summed E-state index contributed by atoms with van der Waals surface area (Å²) in [5.74, 6) is -0.178. The van der Waals surface area contributed by atoms with Crippen molar-refractivity contribution in [2.45, 2.75) is 33.2 Å². The van der Waals surface area contributed by atoms with Crippen LogP contribution in [0.5, 0.6) is 0 Å². The number of carbonyl (C=O) groups excluding carboxylic acids is 1. The van der Waals surface area contributed by atoms with E-state index in [0.29, 0.717) is 16.7 Å². The minimum atomic E-state index is -0.178. The van der Waals surface area contributed by atoms with Gasteiger partial charge in [-0.05, 0) is 24.0 Å². The van der Waals surface area contributed by atoms with Gasteiger partial charge in [-0.1, -0.05) is 49.4 Å². The zero-order valence-corrected chi connectivity index (χ0v) is 13.2. The molecule has 0 atom stereocenters. The lowest BCUT2D eigenvalue weighted by molar-refractivity contribution is 0.0949. The van der Waals surface area contributed by atoms with Gasteiger partial charge in [0.2, 0.25) is 10.1 Å². The van der Waals surface area contributed by atoms with Crippen molar-refractivity contribution in [2.75, 3.05) is 11.9 Å². The molecule has 0 saturated carbocycles. The number of nitrogens with one attached hydrogen (secondary N) is 2. The van der Waals surface area contributed by atoms with Crippen molar-refractivity contribution in [3.8, 4) is 0 Å². The summed E-state index contributed by atoms with van der Waals surface area (Å²) in [6.07, 6.45) is 1.96. The lowest BCUT2D eigenvalue weighted by Gasteiger charge is -2.07. The summed E-state index contributed by atoms with van der Waals surface area (Å²) in [5, 5.41) is 15.0. The molecule has 5 nitrogen and oxygen atoms in total. The van der Waals surface area contributed by atoms with E-state index in [2.05, 4.69) is 40.7 Å². The number of hydrogen-bond acceptors (Lipinski definition) is 5. The Bertz CT molecular complexity index is 597. The van der Waals surface area contributed by atoms with Gasteiger partial charge in [0.05, 0.1) is 0 Å². The summed E-state index contributed by atoms with van der Waals surface area (Å²) in [4.78, 5) is 12.1. The fourth-order valence-corrected chi connectivity index (χ4v) is 2.63. The number of rotatable bonds is 7. The van der Waals surface area contributed by atoms with Crippen LogP contribution < -0.4 is 10.6 Å². The van der Waals surface area contributed by atoms with Crippen LogP contribution in [0.1, 0.15) is 41.2 Å². The Labute approximate surface area is 128 Å². The molecule has 1 amide bonds. The van der Waals surface area contributed by atoms with E-state index in [1.165, 1.54) is 16.9 Å². The predicted octanol–water partition coefficient (Wildman–Crippen LogP) is 2.85. The van der Waals surface area contributed by atoms with Crippen LogP contribution in [-0.2, 0) is 13.0 Å². The summed E-state index contributed by atoms with van der Waals surface area (Å²) in [6.45, 7) is 5.53. The minimum absolute atomic E-state index is 0.178. The van der Waals surface area contributed by atoms with Crippen molar-refractivity contribution in [3.05, 3.63) is 40.4 Å². The Hall–Kier alpha value is -1.95. The van der Waals surface area contributed by atoms with E-state index in [1.807, 2.05) is 18.2 Å². The number of hydrogen-bond donors (Lipinski definition) is 2. The van der Waals surface area contributed by atoms with Gasteiger partial charge in [0.1, 0.15) is 0 Å². The Morgan fingerprint density at radius 1 is 1.19 bits per heavy atom. The Kier molecular flexibility index (Phi) is 5.68. The maximum absolute atomic E-state index is 12.1. The van der Waals surface area contributed by atoms with E-state index >= 15 is 0 Å². The molecule has 2 rings (SSSR count). The van der Waals surface area contributed by atoms with Gasteiger partial charge in [0, 0.05) is 13.1 Å². The third-order valence-electron chi connectivity index (χ3n) is 3.08. The normalized spacial score (nSPS) is 10.4. The smallest absolute Gasteiger partial charge is 0.282 e. The lowest BCUT2D eigenvalue weighted by atomic mass is 10.1. The average molecular weight is 304 g/mol. The number of carbonyl (C=O) groups is 1. The van der Waals surface area contributed by atoms with Crippen LogP contribution in [-0.4, -0.2) is 22.6 Å². The average Bonchev–Trinajstić information content (AvgIpc) is 2.99. The highest BCUT2D eigenvalue weighted by molar-refractivity contribution is 7.17. The topological polar surface area (TPSA) is 66.9 Å². The van der Waals surface area contributed by atoms with Gasteiger partial charge in [0.25, 0.3) is 5.91 Å². The van der Waals surface area contributed by atoms with Gasteiger partial charge in [0.15, 0.2) is 0 Å². The van der Waals surface area contributed by atoms with Crippen molar-refractivity contribution < 1.29 is 4.79 Å². The molecule has 0 spiro atoms. The first-order chi connectivity index (χ1) is 10.2. The monoisotopic (exact) mass is 304 g/mol. The Morgan fingerprint density at radius 2 is 1.95 bits per heavy atom. The van der Waals surface area contributed by atoms with Gasteiger partial charge in [-0.2, -0.15) is 0 Å². The first-order valence-corrected chi connectivity index (χ1v) is 7.98. The molecule has 0 fully saturated rings. The molecule has 0 saturated heterocycles. The molecule has 112 valence electrons. The lowest BCUT2D eigenvalue weighted by Crippen LogP contribution is -2.23. The third kappa shape index (κ3) is 4.26. The minimum Gasteiger partial charge on any atom is -0.360 e. The third-order valence-corrected chi connectivity index (χ3v) is 3.96. The molecule has 21 heavy (non-hydrogen) atoms. The van der Waals surface area contributed by atoms with Crippen molar-refractivity contribution in [3.63, 3.8) is 0 Å². The van der Waals surface area contributed by atoms with Crippen LogP contribution in [0.15, 0.2) is 24.3 Å². The number of anilines is 1. The largest absolute Gasteiger partial charge is 0.360 e. The molecule has 1 aromatic carbocycles. The summed E-state index contributed by atoms with van der Waals surface area (Å²) >= 11 is 1.28. The molecule has 0 unspecified atom stereocenters. The van der Waals surface area contributed by atoms with E-state index < -0.39 is 0 Å². The van der Waals surface area contributed by atoms with Gasteiger partial charge >= 0.3 is 0 Å². The SMILES string of the molecule is CCCNc1nnc(C(=O)NCc2ccccc2CC)s1. The van der Waals surface area contributed by atoms with Gasteiger partial charge in [-0.15, -0.1) is 10.2 Å². The van der Waals surface area contributed by atoms with Crippen molar-refractivity contribution >= 4 is 22.4 Å². The van der Waals surface area contributed by atoms with Crippen LogP contribution in [0.3, 0.4) is 0 Å². The molecule has 0 aliphatic carbocycles. The number of aryl methyl sites for hydroxylation is 1. The standard InChI is InChI=1S/C15H20N4OS/c1-3-9-16-15-19-18-14(21-15)13(20)17-10-12-8-6-5-7-11(12)4-2/h5-8H,3-4,9-10H2,1-2H3,(H,16,19)(H,17,20). The van der Waals surface area contributed by atoms with E-state index in [1.54, 1.807) is 0 Å². The number of amides is 1. The number of benzene rings is 1. The fourth-order valence-electron chi connectivity index (χ4n) is 1.94. The van der Waals surface area contributed by atoms with Gasteiger partial charge in [-0.25, -0.2) is 0 Å². The van der Waals surface area contributed by atoms with Crippen LogP contribution in [0.25, 0.3) is 0 Å². The maximum Gasteiger partial charge on any atom is 0.282 e. The van der Waals surface area contributed by atoms with E-state index in [9.17, 15) is 4.79 Å². The highest BCUT2D eigenvalue weighted by Gasteiger charge is 2.12. The highest BCUT2D eigenvalue weighted by Crippen LogP contribution is 2.15. The molecule has 1 aromatic heterocycles. The van der Waals surface area contributed by atoms with Crippen molar-refractivity contribution in [1.82, 2.24) is 15.5 Å². The van der Waals surface area contributed by atoms with Gasteiger partial charge < -0.3 is 10.6 Å². The molecule has 2 N–H and O–H groups in total. The summed E-state index contributed by atoms with van der Waals surface area (Å²) in [7, 11) is 0. The number of nitrogens with zero attached hydrogens (tertiary/aromatic N) is 2. The van der Waals surface area contributed by atoms with Crippen LogP contribution >= 0.6 is 11.3 Å². The molecule has 2 aromatic rings. The van der Waals surface area contributed by atoms with Crippen LogP contribution in [0, 0.1) is 0 Å². The zero-order chi connectivity index (χ0) is 15.1. The summed E-state index contributed by atoms with van der Waals surface area (Å²) < 4.78 is 0. The second-order valence-corrected chi connectivity index (χ2v) is 5.62. The first kappa shape index (κ1) is 15.4. The predicted molar refractivity (Wildman–Crippen MR) is 85.7 cm³/mol. The second-order valence-electron chi connectivity index (χ2n) is 4.64. The zero-order valence-electron chi connectivity index (χ0n) is 12.3. The summed E-state index contributed by atoms with van der Waals surface area (Å²) in [5.41, 5.74) is 2.39. The molecular formula is C15H20N4OS. The highest BCUT2D eigenvalue weighted by atomic mass is 32.1. The molecule has 0 bridgehead atoms. The Balaban J connectivity index is 1.93. The van der Waals surface area contributed by atoms with E-state index in [0.717, 1.165) is 24.9 Å². The van der Waals surface area contributed by atoms with Crippen molar-refractivity contribution in [1.29, 1.82) is 0 Å². The van der Waals surface area contributed by atoms with Crippen LogP contribution in [0.4, 0.5) is 5.13 Å². The Morgan fingerprint density at radius 3 is 2.67 bits per heavy atom. The summed E-state index contributed by atoms with van der Waals surface area (Å²) in [6, 6.07) is 8.12. The second kappa shape index (κ2) is 7.73. The van der Waals surface area contributed by atoms with Crippen molar-refractivity contribution in [2.24, 2.45) is 0 Å². The van der Waals surface area contributed by atoms with Gasteiger partial charge in [-0.3, -0.25) is 4.79 Å². The molecule has 0 radical (unpaired) electrons. The molecule has 0 aliphatic heterocycles. The first-order valence-electron chi connectivity index (χ1n) is 7.17. The number of aromatic nitrogens is 2. The van der Waals surface area contributed by atoms with E-state index in [4.69, 9.17) is 0 Å². The fraction of sp³-hybridized carbons (Fsp3) is 0.400. The molecule has 6 heteroatoms. The molecule has 1 heterocycles.